The standard InChI is InChI=1S/C13H24O6/c1-6-17-12-8(14)9(18-11(16)7(2)3)10(15)13(4,5)19-12/h7-10,12,14-15H,6H2,1-5H3/t8?,9?,10-,12?/m0/s1. The van der Waals surface area contributed by atoms with Gasteiger partial charge < -0.3 is 24.4 Å². The molecule has 112 valence electrons. The summed E-state index contributed by atoms with van der Waals surface area (Å²) in [5, 5.41) is 20.3. The fraction of sp³-hybridized carbons (Fsp3) is 0.923. The highest BCUT2D eigenvalue weighted by Crippen LogP contribution is 2.32. The minimum atomic E-state index is -1.22. The Bertz CT molecular complexity index is 314. The Hall–Kier alpha value is -0.690. The number of aliphatic hydroxyl groups excluding tert-OH is 2. The number of carbonyl (C=O) groups is 1. The van der Waals surface area contributed by atoms with E-state index in [1.807, 2.05) is 0 Å². The van der Waals surface area contributed by atoms with Crippen LogP contribution in [-0.4, -0.2) is 53.0 Å². The Labute approximate surface area is 113 Å². The molecule has 0 aliphatic carbocycles. The van der Waals surface area contributed by atoms with Crippen molar-refractivity contribution in [1.29, 1.82) is 0 Å². The van der Waals surface area contributed by atoms with E-state index < -0.39 is 36.2 Å². The predicted octanol–water partition coefficient (Wildman–Crippen LogP) is 0.447. The number of hydrogen-bond acceptors (Lipinski definition) is 6. The van der Waals surface area contributed by atoms with Crippen molar-refractivity contribution in [3.63, 3.8) is 0 Å². The van der Waals surface area contributed by atoms with Crippen LogP contribution in [0.4, 0.5) is 0 Å². The minimum Gasteiger partial charge on any atom is -0.456 e. The molecule has 0 saturated carbocycles. The molecule has 1 aliphatic heterocycles. The van der Waals surface area contributed by atoms with Crippen molar-refractivity contribution in [1.82, 2.24) is 0 Å². The molecule has 0 aromatic carbocycles. The number of hydrogen-bond donors (Lipinski definition) is 2. The molecule has 0 spiro atoms. The fourth-order valence-electron chi connectivity index (χ4n) is 1.88. The summed E-state index contributed by atoms with van der Waals surface area (Å²) in [6.45, 7) is 8.80. The van der Waals surface area contributed by atoms with Crippen LogP contribution in [0.15, 0.2) is 0 Å². The average molecular weight is 276 g/mol. The number of ether oxygens (including phenoxy) is 3. The third-order valence-corrected chi connectivity index (χ3v) is 3.11. The van der Waals surface area contributed by atoms with Crippen molar-refractivity contribution in [2.24, 2.45) is 5.92 Å². The molecular formula is C13H24O6. The van der Waals surface area contributed by atoms with Crippen molar-refractivity contribution in [3.8, 4) is 0 Å². The van der Waals surface area contributed by atoms with E-state index in [4.69, 9.17) is 14.2 Å². The van der Waals surface area contributed by atoms with Crippen molar-refractivity contribution in [3.05, 3.63) is 0 Å². The molecular weight excluding hydrogens is 252 g/mol. The maximum Gasteiger partial charge on any atom is 0.308 e. The number of esters is 1. The molecule has 1 heterocycles. The first-order valence-electron chi connectivity index (χ1n) is 6.56. The van der Waals surface area contributed by atoms with Crippen molar-refractivity contribution >= 4 is 5.97 Å². The Kier molecular flexibility index (Phi) is 5.32. The Balaban J connectivity index is 2.88. The molecule has 4 atom stereocenters. The Morgan fingerprint density at radius 2 is 1.95 bits per heavy atom. The third kappa shape index (κ3) is 3.66. The number of carbonyl (C=O) groups excluding carboxylic acids is 1. The lowest BCUT2D eigenvalue weighted by Gasteiger charge is -2.46. The molecule has 2 N–H and O–H groups in total. The summed E-state index contributed by atoms with van der Waals surface area (Å²) in [6.07, 6.45) is -4.32. The van der Waals surface area contributed by atoms with Gasteiger partial charge in [0.2, 0.25) is 0 Å². The topological polar surface area (TPSA) is 85.2 Å². The minimum absolute atomic E-state index is 0.337. The first-order chi connectivity index (χ1) is 8.70. The van der Waals surface area contributed by atoms with Gasteiger partial charge in [0, 0.05) is 6.61 Å². The Morgan fingerprint density at radius 3 is 2.42 bits per heavy atom. The normalized spacial score (nSPS) is 34.3. The first kappa shape index (κ1) is 16.4. The number of rotatable bonds is 4. The van der Waals surface area contributed by atoms with Crippen LogP contribution in [0.1, 0.15) is 34.6 Å². The van der Waals surface area contributed by atoms with E-state index in [0.29, 0.717) is 6.61 Å². The molecule has 19 heavy (non-hydrogen) atoms. The highest BCUT2D eigenvalue weighted by molar-refractivity contribution is 5.71. The van der Waals surface area contributed by atoms with Crippen LogP contribution in [-0.2, 0) is 19.0 Å². The largest absolute Gasteiger partial charge is 0.456 e. The van der Waals surface area contributed by atoms with E-state index >= 15 is 0 Å². The van der Waals surface area contributed by atoms with E-state index in [0.717, 1.165) is 0 Å². The predicted molar refractivity (Wildman–Crippen MR) is 67.3 cm³/mol. The van der Waals surface area contributed by atoms with Crippen LogP contribution >= 0.6 is 0 Å². The molecule has 1 fully saturated rings. The van der Waals surface area contributed by atoms with Gasteiger partial charge in [-0.2, -0.15) is 0 Å². The van der Waals surface area contributed by atoms with Gasteiger partial charge in [-0.3, -0.25) is 4.79 Å². The molecule has 1 aliphatic rings. The highest BCUT2D eigenvalue weighted by Gasteiger charge is 2.51. The molecule has 6 nitrogen and oxygen atoms in total. The van der Waals surface area contributed by atoms with E-state index in [9.17, 15) is 15.0 Å². The first-order valence-corrected chi connectivity index (χ1v) is 6.56. The second-order valence-corrected chi connectivity index (χ2v) is 5.54. The van der Waals surface area contributed by atoms with E-state index in [1.165, 1.54) is 0 Å². The lowest BCUT2D eigenvalue weighted by molar-refractivity contribution is -0.324. The van der Waals surface area contributed by atoms with Gasteiger partial charge in [-0.1, -0.05) is 13.8 Å². The van der Waals surface area contributed by atoms with Crippen LogP contribution in [0.3, 0.4) is 0 Å². The van der Waals surface area contributed by atoms with Crippen molar-refractivity contribution < 1.29 is 29.2 Å². The van der Waals surface area contributed by atoms with Gasteiger partial charge in [-0.15, -0.1) is 0 Å². The van der Waals surface area contributed by atoms with Crippen LogP contribution < -0.4 is 0 Å². The summed E-state index contributed by atoms with van der Waals surface area (Å²) in [5.41, 5.74) is -0.971. The summed E-state index contributed by atoms with van der Waals surface area (Å²) >= 11 is 0. The van der Waals surface area contributed by atoms with Gasteiger partial charge in [-0.05, 0) is 20.8 Å². The zero-order valence-corrected chi connectivity index (χ0v) is 12.1. The van der Waals surface area contributed by atoms with Crippen LogP contribution in [0.25, 0.3) is 0 Å². The zero-order chi connectivity index (χ0) is 14.8. The van der Waals surface area contributed by atoms with Crippen LogP contribution in [0.5, 0.6) is 0 Å². The SMILES string of the molecule is CCOC1OC(C)(C)[C@@H](O)C(OC(=O)C(C)C)C1O. The van der Waals surface area contributed by atoms with E-state index in [-0.39, 0.29) is 5.92 Å². The van der Waals surface area contributed by atoms with Gasteiger partial charge in [0.25, 0.3) is 0 Å². The molecule has 0 amide bonds. The fourth-order valence-corrected chi connectivity index (χ4v) is 1.88. The maximum absolute atomic E-state index is 11.7. The van der Waals surface area contributed by atoms with Crippen LogP contribution in [0, 0.1) is 5.92 Å². The maximum atomic E-state index is 11.7. The van der Waals surface area contributed by atoms with Crippen LogP contribution in [0.2, 0.25) is 0 Å². The van der Waals surface area contributed by atoms with E-state index in [1.54, 1.807) is 34.6 Å². The highest BCUT2D eigenvalue weighted by atomic mass is 16.7. The Morgan fingerprint density at radius 1 is 1.37 bits per heavy atom. The molecule has 1 saturated heterocycles. The molecule has 0 bridgehead atoms. The van der Waals surface area contributed by atoms with E-state index in [2.05, 4.69) is 0 Å². The summed E-state index contributed by atoms with van der Waals surface area (Å²) in [6, 6.07) is 0. The molecule has 0 radical (unpaired) electrons. The summed E-state index contributed by atoms with van der Waals surface area (Å²) in [7, 11) is 0. The quantitative estimate of drug-likeness (QED) is 0.725. The number of aliphatic hydroxyl groups is 2. The van der Waals surface area contributed by atoms with Gasteiger partial charge in [-0.25, -0.2) is 0 Å². The molecule has 1 rings (SSSR count). The van der Waals surface area contributed by atoms with Gasteiger partial charge >= 0.3 is 5.97 Å². The summed E-state index contributed by atoms with van der Waals surface area (Å²) in [5.74, 6) is -0.813. The second kappa shape index (κ2) is 6.17. The van der Waals surface area contributed by atoms with Gasteiger partial charge in [0.15, 0.2) is 12.4 Å². The third-order valence-electron chi connectivity index (χ3n) is 3.11. The zero-order valence-electron chi connectivity index (χ0n) is 12.1. The smallest absolute Gasteiger partial charge is 0.308 e. The van der Waals surface area contributed by atoms with Crippen molar-refractivity contribution in [2.75, 3.05) is 6.61 Å². The van der Waals surface area contributed by atoms with Gasteiger partial charge in [0.05, 0.1) is 11.5 Å². The van der Waals surface area contributed by atoms with Crippen molar-refractivity contribution in [2.45, 2.75) is 64.8 Å². The molecule has 0 aromatic heterocycles. The summed E-state index contributed by atoms with van der Waals surface area (Å²) < 4.78 is 16.0. The molecule has 3 unspecified atom stereocenters. The second-order valence-electron chi connectivity index (χ2n) is 5.54. The lowest BCUT2D eigenvalue weighted by atomic mass is 9.89. The van der Waals surface area contributed by atoms with Gasteiger partial charge in [0.1, 0.15) is 12.2 Å². The monoisotopic (exact) mass is 276 g/mol. The average Bonchev–Trinajstić information content (AvgIpc) is 2.31. The summed E-state index contributed by atoms with van der Waals surface area (Å²) in [4.78, 5) is 11.7. The molecule has 0 aromatic rings. The molecule has 6 heteroatoms. The lowest BCUT2D eigenvalue weighted by Crippen LogP contribution is -2.63.